The molecule has 0 unspecified atom stereocenters. The Hall–Kier alpha value is -0.0200. The molecule has 1 nitrogen and oxygen atoms in total. The van der Waals surface area contributed by atoms with E-state index in [1.165, 1.54) is 12.1 Å². The van der Waals surface area contributed by atoms with Gasteiger partial charge in [0.1, 0.15) is 5.82 Å². The molecular weight excluding hydrogens is 283 g/mol. The maximum atomic E-state index is 13.7. The molecule has 2 N–H and O–H groups in total. The van der Waals surface area contributed by atoms with Crippen molar-refractivity contribution in [1.82, 2.24) is 0 Å². The van der Waals surface area contributed by atoms with E-state index in [1.807, 2.05) is 0 Å². The van der Waals surface area contributed by atoms with Gasteiger partial charge in [0, 0.05) is 11.6 Å². The van der Waals surface area contributed by atoms with E-state index in [0.717, 1.165) is 25.7 Å². The fourth-order valence-corrected chi connectivity index (χ4v) is 2.84. The van der Waals surface area contributed by atoms with Gasteiger partial charge in [0.05, 0.1) is 10.0 Å². The average molecular weight is 299 g/mol. The van der Waals surface area contributed by atoms with Crippen molar-refractivity contribution in [2.24, 2.45) is 11.7 Å². The molecule has 5 heteroatoms. The number of benzene rings is 1. The van der Waals surface area contributed by atoms with Crippen molar-refractivity contribution < 1.29 is 4.39 Å². The summed E-state index contributed by atoms with van der Waals surface area (Å²) in [6.07, 6.45) is 4.42. The van der Waals surface area contributed by atoms with E-state index in [9.17, 15) is 4.39 Å². The summed E-state index contributed by atoms with van der Waals surface area (Å²) in [5.41, 5.74) is 6.46. The maximum absolute atomic E-state index is 13.7. The molecule has 0 spiro atoms. The van der Waals surface area contributed by atoms with Crippen LogP contribution in [-0.4, -0.2) is 0 Å². The third-order valence-corrected chi connectivity index (χ3v) is 4.14. The second-order valence-corrected chi connectivity index (χ2v) is 5.11. The van der Waals surface area contributed by atoms with Crippen LogP contribution in [0, 0.1) is 11.7 Å². The molecule has 17 heavy (non-hydrogen) atoms. The molecule has 0 aliphatic heterocycles. The standard InChI is InChI=1S/C12H14Cl2FN.ClH/c13-8-5-6-9(15)10(11(8)14)12(16)7-3-1-2-4-7;/h5-7,12H,1-4,16H2;1H/t12-;/m0./s1. The summed E-state index contributed by atoms with van der Waals surface area (Å²) in [5, 5.41) is 0.632. The zero-order chi connectivity index (χ0) is 11.7. The zero-order valence-corrected chi connectivity index (χ0v) is 11.6. The van der Waals surface area contributed by atoms with Gasteiger partial charge in [-0.1, -0.05) is 36.0 Å². The molecule has 0 heterocycles. The highest BCUT2D eigenvalue weighted by Crippen LogP contribution is 2.39. The summed E-state index contributed by atoms with van der Waals surface area (Å²) < 4.78 is 13.7. The van der Waals surface area contributed by atoms with Crippen LogP contribution in [0.15, 0.2) is 12.1 Å². The van der Waals surface area contributed by atoms with Crippen LogP contribution < -0.4 is 5.73 Å². The highest BCUT2D eigenvalue weighted by atomic mass is 35.5. The van der Waals surface area contributed by atoms with Crippen molar-refractivity contribution in [2.45, 2.75) is 31.7 Å². The molecular formula is C12H15Cl3FN. The van der Waals surface area contributed by atoms with Crippen LogP contribution in [-0.2, 0) is 0 Å². The summed E-state index contributed by atoms with van der Waals surface area (Å²) in [6, 6.07) is 2.45. The average Bonchev–Trinajstić information content (AvgIpc) is 2.77. The third-order valence-electron chi connectivity index (χ3n) is 3.32. The molecule has 0 bridgehead atoms. The number of halogens is 4. The molecule has 1 aliphatic rings. The van der Waals surface area contributed by atoms with Gasteiger partial charge < -0.3 is 5.73 Å². The Labute approximate surface area is 117 Å². The van der Waals surface area contributed by atoms with E-state index in [2.05, 4.69) is 0 Å². The van der Waals surface area contributed by atoms with Gasteiger partial charge in [-0.25, -0.2) is 4.39 Å². The molecule has 1 aliphatic carbocycles. The highest BCUT2D eigenvalue weighted by Gasteiger charge is 2.27. The van der Waals surface area contributed by atoms with E-state index < -0.39 is 0 Å². The van der Waals surface area contributed by atoms with Gasteiger partial charge in [-0.15, -0.1) is 12.4 Å². The molecule has 1 aromatic rings. The first-order valence-electron chi connectivity index (χ1n) is 5.50. The van der Waals surface area contributed by atoms with Crippen molar-refractivity contribution >= 4 is 35.6 Å². The van der Waals surface area contributed by atoms with Crippen LogP contribution in [0.2, 0.25) is 10.0 Å². The van der Waals surface area contributed by atoms with Crippen molar-refractivity contribution in [3.63, 3.8) is 0 Å². The van der Waals surface area contributed by atoms with Gasteiger partial charge in [0.2, 0.25) is 0 Å². The first kappa shape index (κ1) is 15.0. The lowest BCUT2D eigenvalue weighted by molar-refractivity contribution is 0.429. The molecule has 0 amide bonds. The van der Waals surface area contributed by atoms with E-state index in [-0.39, 0.29) is 29.3 Å². The van der Waals surface area contributed by atoms with Gasteiger partial charge in [0.15, 0.2) is 0 Å². The Kier molecular flexibility index (Phi) is 5.52. The summed E-state index contributed by atoms with van der Waals surface area (Å²) in [5.74, 6) is -0.0285. The van der Waals surface area contributed by atoms with Gasteiger partial charge in [-0.2, -0.15) is 0 Å². The molecule has 0 saturated heterocycles. The predicted octanol–water partition coefficient (Wildman–Crippen LogP) is 4.74. The van der Waals surface area contributed by atoms with E-state index in [4.69, 9.17) is 28.9 Å². The second-order valence-electron chi connectivity index (χ2n) is 4.33. The zero-order valence-electron chi connectivity index (χ0n) is 9.26. The summed E-state index contributed by atoms with van der Waals surface area (Å²) in [4.78, 5) is 0. The van der Waals surface area contributed by atoms with Gasteiger partial charge in [0.25, 0.3) is 0 Å². The number of hydrogen-bond donors (Lipinski definition) is 1. The van der Waals surface area contributed by atoms with Crippen molar-refractivity contribution in [3.8, 4) is 0 Å². The minimum Gasteiger partial charge on any atom is -0.324 e. The van der Waals surface area contributed by atoms with Crippen molar-refractivity contribution in [1.29, 1.82) is 0 Å². The number of nitrogens with two attached hydrogens (primary N) is 1. The van der Waals surface area contributed by atoms with Crippen LogP contribution in [0.25, 0.3) is 0 Å². The minimum atomic E-state index is -0.353. The Bertz CT molecular complexity index is 392. The summed E-state index contributed by atoms with van der Waals surface area (Å²) in [6.45, 7) is 0. The first-order chi connectivity index (χ1) is 7.61. The maximum Gasteiger partial charge on any atom is 0.129 e. The summed E-state index contributed by atoms with van der Waals surface area (Å²) in [7, 11) is 0. The van der Waals surface area contributed by atoms with Gasteiger partial charge in [-0.3, -0.25) is 0 Å². The van der Waals surface area contributed by atoms with Crippen molar-refractivity contribution in [3.05, 3.63) is 33.6 Å². The molecule has 1 fully saturated rings. The van der Waals surface area contributed by atoms with Crippen LogP contribution >= 0.6 is 35.6 Å². The predicted molar refractivity (Wildman–Crippen MR) is 72.6 cm³/mol. The molecule has 0 aromatic heterocycles. The van der Waals surface area contributed by atoms with Crippen LogP contribution in [0.5, 0.6) is 0 Å². The molecule has 0 radical (unpaired) electrons. The lowest BCUT2D eigenvalue weighted by atomic mass is 9.92. The van der Waals surface area contributed by atoms with Gasteiger partial charge in [-0.05, 0) is 30.9 Å². The Morgan fingerprint density at radius 1 is 1.24 bits per heavy atom. The van der Waals surface area contributed by atoms with Crippen molar-refractivity contribution in [2.75, 3.05) is 0 Å². The molecule has 1 atom stereocenters. The molecule has 2 rings (SSSR count). The lowest BCUT2D eigenvalue weighted by Gasteiger charge is -2.21. The SMILES string of the molecule is Cl.N[C@H](c1c(F)ccc(Cl)c1Cl)C1CCCC1. The minimum absolute atomic E-state index is 0. The highest BCUT2D eigenvalue weighted by molar-refractivity contribution is 6.42. The smallest absolute Gasteiger partial charge is 0.129 e. The Balaban J connectivity index is 0.00000144. The van der Waals surface area contributed by atoms with E-state index in [1.54, 1.807) is 0 Å². The van der Waals surface area contributed by atoms with Crippen LogP contribution in [0.3, 0.4) is 0 Å². The van der Waals surface area contributed by atoms with Crippen LogP contribution in [0.1, 0.15) is 37.3 Å². The molecule has 1 aromatic carbocycles. The Morgan fingerprint density at radius 3 is 2.41 bits per heavy atom. The van der Waals surface area contributed by atoms with Crippen LogP contribution in [0.4, 0.5) is 4.39 Å². The summed E-state index contributed by atoms with van der Waals surface area (Å²) >= 11 is 11.9. The van der Waals surface area contributed by atoms with Gasteiger partial charge >= 0.3 is 0 Å². The van der Waals surface area contributed by atoms with E-state index in [0.29, 0.717) is 16.5 Å². The third kappa shape index (κ3) is 3.05. The Morgan fingerprint density at radius 2 is 1.82 bits per heavy atom. The number of rotatable bonds is 2. The normalized spacial score (nSPS) is 17.9. The molecule has 96 valence electrons. The first-order valence-corrected chi connectivity index (χ1v) is 6.26. The second kappa shape index (κ2) is 6.24. The largest absolute Gasteiger partial charge is 0.324 e. The fourth-order valence-electron chi connectivity index (χ4n) is 2.40. The fraction of sp³-hybridized carbons (Fsp3) is 0.500. The quantitative estimate of drug-likeness (QED) is 0.784. The van der Waals surface area contributed by atoms with E-state index >= 15 is 0 Å². The monoisotopic (exact) mass is 297 g/mol. The lowest BCUT2D eigenvalue weighted by Crippen LogP contribution is -2.21. The topological polar surface area (TPSA) is 26.0 Å². The molecule has 1 saturated carbocycles. The number of hydrogen-bond acceptors (Lipinski definition) is 1.